The highest BCUT2D eigenvalue weighted by Crippen LogP contribution is 2.52. The van der Waals surface area contributed by atoms with E-state index in [0.717, 1.165) is 0 Å². The predicted octanol–water partition coefficient (Wildman–Crippen LogP) is 4.27. The molecule has 4 N–H and O–H groups in total. The lowest BCUT2D eigenvalue weighted by Gasteiger charge is -2.45. The Hall–Kier alpha value is -3.60. The molecule has 0 aliphatic heterocycles. The number of aliphatic hydroxyl groups is 2. The molecule has 1 atom stereocenters. The van der Waals surface area contributed by atoms with Gasteiger partial charge < -0.3 is 20.4 Å². The van der Waals surface area contributed by atoms with Gasteiger partial charge in [0.25, 0.3) is 0 Å². The van der Waals surface area contributed by atoms with E-state index in [9.17, 15) is 20.4 Å². The van der Waals surface area contributed by atoms with E-state index < -0.39 is 17.0 Å². The second-order valence-electron chi connectivity index (χ2n) is 7.19. The first-order valence-electron chi connectivity index (χ1n) is 9.62. The van der Waals surface area contributed by atoms with Gasteiger partial charge in [-0.3, -0.25) is 0 Å². The molecule has 0 heterocycles. The summed E-state index contributed by atoms with van der Waals surface area (Å²) in [6.45, 7) is 0. The van der Waals surface area contributed by atoms with E-state index in [-0.39, 0.29) is 11.3 Å². The Balaban J connectivity index is 2.14. The Morgan fingerprint density at radius 3 is 1.27 bits per heavy atom. The first kappa shape index (κ1) is 19.7. The van der Waals surface area contributed by atoms with Gasteiger partial charge in [0, 0.05) is 5.56 Å². The number of hydrogen-bond donors (Lipinski definition) is 4. The lowest BCUT2D eigenvalue weighted by Crippen LogP contribution is -2.51. The van der Waals surface area contributed by atoms with Crippen LogP contribution in [0.4, 0.5) is 0 Å². The highest BCUT2D eigenvalue weighted by atomic mass is 16.4. The van der Waals surface area contributed by atoms with E-state index in [4.69, 9.17) is 0 Å². The molecule has 4 aromatic rings. The van der Waals surface area contributed by atoms with Crippen molar-refractivity contribution in [2.45, 2.75) is 11.2 Å². The largest absolute Gasteiger partial charge is 0.504 e. The molecule has 0 spiro atoms. The highest BCUT2D eigenvalue weighted by molar-refractivity contribution is 5.57. The Morgan fingerprint density at radius 2 is 0.833 bits per heavy atom. The number of hydrogen-bond acceptors (Lipinski definition) is 4. The summed E-state index contributed by atoms with van der Waals surface area (Å²) in [6, 6.07) is 30.6. The summed E-state index contributed by atoms with van der Waals surface area (Å²) in [7, 11) is 0. The maximum atomic E-state index is 12.4. The zero-order chi connectivity index (χ0) is 21.2. The zero-order valence-corrected chi connectivity index (χ0v) is 16.2. The molecule has 4 nitrogen and oxygen atoms in total. The Morgan fingerprint density at radius 1 is 0.433 bits per heavy atom. The van der Waals surface area contributed by atoms with Crippen LogP contribution in [0, 0.1) is 0 Å². The van der Waals surface area contributed by atoms with Gasteiger partial charge in [0.05, 0.1) is 0 Å². The van der Waals surface area contributed by atoms with Gasteiger partial charge in [-0.2, -0.15) is 0 Å². The third kappa shape index (κ3) is 2.94. The van der Waals surface area contributed by atoms with Crippen molar-refractivity contribution in [2.24, 2.45) is 0 Å². The summed E-state index contributed by atoms with van der Waals surface area (Å²) in [5, 5.41) is 45.6. The number of phenolic OH excluding ortho intramolecular Hbond substituents is 2. The fourth-order valence-electron chi connectivity index (χ4n) is 4.01. The molecule has 0 aliphatic rings. The van der Waals surface area contributed by atoms with Crippen molar-refractivity contribution in [3.63, 3.8) is 0 Å². The summed E-state index contributed by atoms with van der Waals surface area (Å²) < 4.78 is 0. The molecule has 0 radical (unpaired) electrons. The van der Waals surface area contributed by atoms with E-state index in [1.54, 1.807) is 78.9 Å². The minimum atomic E-state index is -2.13. The Labute approximate surface area is 175 Å². The average molecular weight is 398 g/mol. The SMILES string of the molecule is Oc1cccc(C(O)(c2ccccc2)C(O)(c2ccccc2)c2ccccc2)c1O. The fraction of sp³-hybridized carbons (Fsp3) is 0.0769. The molecule has 0 aromatic heterocycles. The van der Waals surface area contributed by atoms with Gasteiger partial charge in [0.1, 0.15) is 0 Å². The molecule has 30 heavy (non-hydrogen) atoms. The first-order valence-corrected chi connectivity index (χ1v) is 9.62. The van der Waals surface area contributed by atoms with Gasteiger partial charge in [0.2, 0.25) is 0 Å². The molecule has 0 fully saturated rings. The van der Waals surface area contributed by atoms with Crippen molar-refractivity contribution >= 4 is 0 Å². The zero-order valence-electron chi connectivity index (χ0n) is 16.2. The predicted molar refractivity (Wildman–Crippen MR) is 115 cm³/mol. The van der Waals surface area contributed by atoms with Crippen LogP contribution < -0.4 is 0 Å². The normalized spacial score (nSPS) is 13.5. The molecule has 0 bridgehead atoms. The second kappa shape index (κ2) is 7.67. The van der Waals surface area contributed by atoms with Crippen LogP contribution in [-0.4, -0.2) is 20.4 Å². The fourth-order valence-corrected chi connectivity index (χ4v) is 4.01. The summed E-state index contributed by atoms with van der Waals surface area (Å²) in [5.41, 5.74) is -2.89. The average Bonchev–Trinajstić information content (AvgIpc) is 2.81. The van der Waals surface area contributed by atoms with E-state index in [2.05, 4.69) is 0 Å². The van der Waals surface area contributed by atoms with Crippen LogP contribution in [0.1, 0.15) is 22.3 Å². The smallest absolute Gasteiger partial charge is 0.164 e. The number of aromatic hydroxyl groups is 2. The van der Waals surface area contributed by atoms with Crippen molar-refractivity contribution < 1.29 is 20.4 Å². The third-order valence-electron chi connectivity index (χ3n) is 5.50. The molecule has 0 amide bonds. The molecule has 1 unspecified atom stereocenters. The van der Waals surface area contributed by atoms with Crippen molar-refractivity contribution in [3.05, 3.63) is 131 Å². The topological polar surface area (TPSA) is 80.9 Å². The molecular formula is C26H22O4. The van der Waals surface area contributed by atoms with Crippen LogP contribution in [-0.2, 0) is 11.2 Å². The van der Waals surface area contributed by atoms with Crippen molar-refractivity contribution in [2.75, 3.05) is 0 Å². The Kier molecular flexibility index (Phi) is 5.04. The molecule has 0 aliphatic carbocycles. The molecule has 4 rings (SSSR count). The van der Waals surface area contributed by atoms with Crippen molar-refractivity contribution in [1.29, 1.82) is 0 Å². The van der Waals surface area contributed by atoms with Gasteiger partial charge in [-0.25, -0.2) is 0 Å². The summed E-state index contributed by atoms with van der Waals surface area (Å²) in [6.07, 6.45) is 0. The lowest BCUT2D eigenvalue weighted by atomic mass is 9.66. The molecule has 150 valence electrons. The van der Waals surface area contributed by atoms with E-state index in [0.29, 0.717) is 16.7 Å². The van der Waals surface area contributed by atoms with E-state index >= 15 is 0 Å². The summed E-state index contributed by atoms with van der Waals surface area (Å²) in [5.74, 6) is -0.875. The van der Waals surface area contributed by atoms with Crippen LogP contribution in [0.3, 0.4) is 0 Å². The minimum absolute atomic E-state index is 0.0103. The molecule has 0 saturated carbocycles. The number of phenols is 2. The minimum Gasteiger partial charge on any atom is -0.504 e. The number of para-hydroxylation sites is 1. The van der Waals surface area contributed by atoms with Gasteiger partial charge in [-0.15, -0.1) is 0 Å². The Bertz CT molecular complexity index is 1090. The number of benzene rings is 4. The van der Waals surface area contributed by atoms with Crippen LogP contribution in [0.15, 0.2) is 109 Å². The van der Waals surface area contributed by atoms with Crippen LogP contribution in [0.2, 0.25) is 0 Å². The van der Waals surface area contributed by atoms with Crippen molar-refractivity contribution in [1.82, 2.24) is 0 Å². The molecular weight excluding hydrogens is 376 g/mol. The quantitative estimate of drug-likeness (QED) is 0.379. The van der Waals surface area contributed by atoms with Gasteiger partial charge in [0.15, 0.2) is 22.7 Å². The number of rotatable bonds is 5. The van der Waals surface area contributed by atoms with Gasteiger partial charge in [-0.1, -0.05) is 103 Å². The van der Waals surface area contributed by atoms with Gasteiger partial charge >= 0.3 is 0 Å². The lowest BCUT2D eigenvalue weighted by molar-refractivity contribution is -0.114. The maximum absolute atomic E-state index is 12.4. The van der Waals surface area contributed by atoms with Crippen LogP contribution in [0.25, 0.3) is 0 Å². The highest BCUT2D eigenvalue weighted by Gasteiger charge is 2.55. The first-order chi connectivity index (χ1) is 14.5. The molecule has 4 heteroatoms. The third-order valence-corrected chi connectivity index (χ3v) is 5.50. The molecule has 4 aromatic carbocycles. The second-order valence-corrected chi connectivity index (χ2v) is 7.19. The summed E-state index contributed by atoms with van der Waals surface area (Å²) in [4.78, 5) is 0. The molecule has 0 saturated heterocycles. The van der Waals surface area contributed by atoms with Crippen LogP contribution in [0.5, 0.6) is 11.5 Å². The van der Waals surface area contributed by atoms with Gasteiger partial charge in [-0.05, 0) is 22.8 Å². The monoisotopic (exact) mass is 398 g/mol. The standard InChI is InChI=1S/C26H22O4/c27-23-18-10-17-22(24(23)28)26(30,21-15-8-3-9-16-21)25(29,19-11-4-1-5-12-19)20-13-6-2-7-14-20/h1-18,27-30H. The van der Waals surface area contributed by atoms with Crippen molar-refractivity contribution in [3.8, 4) is 11.5 Å². The summed E-state index contributed by atoms with van der Waals surface area (Å²) >= 11 is 0. The van der Waals surface area contributed by atoms with E-state index in [1.165, 1.54) is 18.2 Å². The maximum Gasteiger partial charge on any atom is 0.164 e. The van der Waals surface area contributed by atoms with E-state index in [1.807, 2.05) is 12.1 Å². The van der Waals surface area contributed by atoms with Crippen LogP contribution >= 0.6 is 0 Å².